The molecule has 0 saturated carbocycles. The maximum absolute atomic E-state index is 11.9. The zero-order valence-electron chi connectivity index (χ0n) is 9.51. The predicted molar refractivity (Wildman–Crippen MR) is 69.2 cm³/mol. The van der Waals surface area contributed by atoms with Crippen LogP contribution in [0.4, 0.5) is 0 Å². The van der Waals surface area contributed by atoms with Gasteiger partial charge in [0.15, 0.2) is 11.2 Å². The molecule has 0 spiro atoms. The van der Waals surface area contributed by atoms with Crippen molar-refractivity contribution >= 4 is 22.8 Å². The van der Waals surface area contributed by atoms with E-state index in [0.29, 0.717) is 22.0 Å². The average Bonchev–Trinajstić information content (AvgIpc) is 2.74. The largest absolute Gasteiger partial charge is 0.309 e. The number of imidazole rings is 1. The Labute approximate surface area is 107 Å². The van der Waals surface area contributed by atoms with Crippen molar-refractivity contribution < 1.29 is 0 Å². The van der Waals surface area contributed by atoms with Gasteiger partial charge in [-0.05, 0) is 31.2 Å². The Morgan fingerprint density at radius 1 is 1.28 bits per heavy atom. The van der Waals surface area contributed by atoms with Gasteiger partial charge in [0.2, 0.25) is 0 Å². The van der Waals surface area contributed by atoms with Crippen LogP contribution in [0.15, 0.2) is 35.4 Å². The molecule has 0 atom stereocenters. The van der Waals surface area contributed by atoms with Gasteiger partial charge in [-0.3, -0.25) is 9.36 Å². The van der Waals surface area contributed by atoms with Crippen LogP contribution < -0.4 is 5.56 Å². The van der Waals surface area contributed by atoms with Gasteiger partial charge in [-0.1, -0.05) is 11.6 Å². The molecule has 18 heavy (non-hydrogen) atoms. The summed E-state index contributed by atoms with van der Waals surface area (Å²) in [5.41, 5.74) is 1.48. The number of hydrogen-bond donors (Lipinski definition) is 1. The molecule has 3 rings (SSSR count). The van der Waals surface area contributed by atoms with Crippen molar-refractivity contribution in [2.45, 2.75) is 6.92 Å². The van der Waals surface area contributed by atoms with Crippen LogP contribution in [-0.2, 0) is 0 Å². The molecule has 2 heterocycles. The number of rotatable bonds is 1. The summed E-state index contributed by atoms with van der Waals surface area (Å²) < 4.78 is 1.69. The minimum atomic E-state index is -0.204. The topological polar surface area (TPSA) is 63.6 Å². The molecule has 2 aromatic heterocycles. The molecule has 0 aliphatic carbocycles. The van der Waals surface area contributed by atoms with E-state index in [1.54, 1.807) is 30.0 Å². The van der Waals surface area contributed by atoms with Crippen LogP contribution >= 0.6 is 11.6 Å². The number of fused-ring (bicyclic) bond motifs is 1. The monoisotopic (exact) mass is 260 g/mol. The Morgan fingerprint density at radius 2 is 2.00 bits per heavy atom. The number of aromatic amines is 1. The SMILES string of the molecule is Cc1nc2ncn(-c3ccc(Cl)cc3)c2c(=O)[nH]1. The highest BCUT2D eigenvalue weighted by Crippen LogP contribution is 2.16. The third kappa shape index (κ3) is 1.69. The summed E-state index contributed by atoms with van der Waals surface area (Å²) in [5, 5.41) is 0.644. The van der Waals surface area contributed by atoms with E-state index in [-0.39, 0.29) is 5.56 Å². The lowest BCUT2D eigenvalue weighted by Gasteiger charge is -2.03. The Balaban J connectivity index is 2.30. The second-order valence-electron chi connectivity index (χ2n) is 3.91. The first kappa shape index (κ1) is 11.0. The van der Waals surface area contributed by atoms with E-state index in [1.807, 2.05) is 12.1 Å². The van der Waals surface area contributed by atoms with Crippen LogP contribution in [-0.4, -0.2) is 19.5 Å². The molecule has 0 unspecified atom stereocenters. The van der Waals surface area contributed by atoms with Gasteiger partial charge < -0.3 is 4.98 Å². The molecule has 1 aromatic carbocycles. The van der Waals surface area contributed by atoms with E-state index in [0.717, 1.165) is 5.69 Å². The number of nitrogens with one attached hydrogen (secondary N) is 1. The van der Waals surface area contributed by atoms with Gasteiger partial charge >= 0.3 is 0 Å². The fraction of sp³-hybridized carbons (Fsp3) is 0.0833. The van der Waals surface area contributed by atoms with Gasteiger partial charge in [0.25, 0.3) is 5.56 Å². The zero-order valence-corrected chi connectivity index (χ0v) is 10.3. The van der Waals surface area contributed by atoms with E-state index in [1.165, 1.54) is 0 Å². The molecular formula is C12H9ClN4O. The van der Waals surface area contributed by atoms with Crippen molar-refractivity contribution in [1.29, 1.82) is 0 Å². The van der Waals surface area contributed by atoms with Crippen molar-refractivity contribution in [3.63, 3.8) is 0 Å². The van der Waals surface area contributed by atoms with Crippen LogP contribution in [0.1, 0.15) is 5.82 Å². The third-order valence-electron chi connectivity index (χ3n) is 2.64. The smallest absolute Gasteiger partial charge is 0.277 e. The summed E-state index contributed by atoms with van der Waals surface area (Å²) in [4.78, 5) is 22.9. The molecule has 0 radical (unpaired) electrons. The standard InChI is InChI=1S/C12H9ClN4O/c1-7-15-11-10(12(18)16-7)17(6-14-11)9-4-2-8(13)3-5-9/h2-6H,1H3,(H,15,16,18). The lowest BCUT2D eigenvalue weighted by molar-refractivity contribution is 1.03. The first-order valence-corrected chi connectivity index (χ1v) is 5.73. The molecular weight excluding hydrogens is 252 g/mol. The molecule has 3 aromatic rings. The summed E-state index contributed by atoms with van der Waals surface area (Å²) in [6, 6.07) is 7.17. The van der Waals surface area contributed by atoms with Gasteiger partial charge in [-0.25, -0.2) is 9.97 Å². The van der Waals surface area contributed by atoms with E-state index in [4.69, 9.17) is 11.6 Å². The van der Waals surface area contributed by atoms with E-state index < -0.39 is 0 Å². The summed E-state index contributed by atoms with van der Waals surface area (Å²) in [6.07, 6.45) is 1.58. The normalized spacial score (nSPS) is 11.0. The first-order valence-electron chi connectivity index (χ1n) is 5.35. The molecule has 90 valence electrons. The van der Waals surface area contributed by atoms with E-state index in [2.05, 4.69) is 15.0 Å². The Kier molecular flexibility index (Phi) is 2.41. The molecule has 0 aliphatic heterocycles. The van der Waals surface area contributed by atoms with E-state index in [9.17, 15) is 4.79 Å². The second-order valence-corrected chi connectivity index (χ2v) is 4.35. The van der Waals surface area contributed by atoms with Crippen molar-refractivity contribution in [3.8, 4) is 5.69 Å². The lowest BCUT2D eigenvalue weighted by Crippen LogP contribution is -2.12. The maximum atomic E-state index is 11.9. The van der Waals surface area contributed by atoms with Gasteiger partial charge in [0.05, 0.1) is 0 Å². The minimum absolute atomic E-state index is 0.204. The number of hydrogen-bond acceptors (Lipinski definition) is 3. The fourth-order valence-electron chi connectivity index (χ4n) is 1.84. The van der Waals surface area contributed by atoms with Crippen molar-refractivity contribution in [2.75, 3.05) is 0 Å². The average molecular weight is 261 g/mol. The predicted octanol–water partition coefficient (Wildman–Crippen LogP) is 2.07. The number of aryl methyl sites for hydroxylation is 1. The zero-order chi connectivity index (χ0) is 12.7. The van der Waals surface area contributed by atoms with Crippen LogP contribution in [0, 0.1) is 6.92 Å². The Bertz CT molecular complexity index is 773. The van der Waals surface area contributed by atoms with Crippen molar-refractivity contribution in [2.24, 2.45) is 0 Å². The summed E-state index contributed by atoms with van der Waals surface area (Å²) in [5.74, 6) is 0.550. The quantitative estimate of drug-likeness (QED) is 0.728. The third-order valence-corrected chi connectivity index (χ3v) is 2.89. The number of H-pyrrole nitrogens is 1. The number of benzene rings is 1. The van der Waals surface area contributed by atoms with Crippen LogP contribution in [0.5, 0.6) is 0 Å². The molecule has 1 N–H and O–H groups in total. The van der Waals surface area contributed by atoms with Gasteiger partial charge in [0.1, 0.15) is 12.2 Å². The molecule has 6 heteroatoms. The molecule has 0 saturated heterocycles. The van der Waals surface area contributed by atoms with Crippen LogP contribution in [0.25, 0.3) is 16.9 Å². The lowest BCUT2D eigenvalue weighted by atomic mass is 10.3. The highest BCUT2D eigenvalue weighted by atomic mass is 35.5. The van der Waals surface area contributed by atoms with E-state index >= 15 is 0 Å². The molecule has 0 fully saturated rings. The van der Waals surface area contributed by atoms with Gasteiger partial charge in [0, 0.05) is 10.7 Å². The maximum Gasteiger partial charge on any atom is 0.277 e. The Hall–Kier alpha value is -2.14. The molecule has 0 aliphatic rings. The molecule has 5 nitrogen and oxygen atoms in total. The van der Waals surface area contributed by atoms with Gasteiger partial charge in [-0.2, -0.15) is 0 Å². The number of halogens is 1. The summed E-state index contributed by atoms with van der Waals surface area (Å²) in [6.45, 7) is 1.72. The van der Waals surface area contributed by atoms with Crippen LogP contribution in [0.2, 0.25) is 5.02 Å². The number of aromatic nitrogens is 4. The fourth-order valence-corrected chi connectivity index (χ4v) is 1.97. The Morgan fingerprint density at radius 3 is 2.72 bits per heavy atom. The van der Waals surface area contributed by atoms with Crippen molar-refractivity contribution in [1.82, 2.24) is 19.5 Å². The van der Waals surface area contributed by atoms with Crippen molar-refractivity contribution in [3.05, 3.63) is 51.8 Å². The highest BCUT2D eigenvalue weighted by Gasteiger charge is 2.10. The minimum Gasteiger partial charge on any atom is -0.309 e. The molecule has 0 amide bonds. The summed E-state index contributed by atoms with van der Waals surface area (Å²) in [7, 11) is 0. The van der Waals surface area contributed by atoms with Gasteiger partial charge in [-0.15, -0.1) is 0 Å². The van der Waals surface area contributed by atoms with Crippen LogP contribution in [0.3, 0.4) is 0 Å². The second kappa shape index (κ2) is 3.96. The number of nitrogens with zero attached hydrogens (tertiary/aromatic N) is 3. The highest BCUT2D eigenvalue weighted by molar-refractivity contribution is 6.30. The molecule has 0 bridgehead atoms. The first-order chi connectivity index (χ1) is 8.65. The summed E-state index contributed by atoms with van der Waals surface area (Å²) >= 11 is 5.84.